The maximum absolute atomic E-state index is 14.0. The van der Waals surface area contributed by atoms with Crippen molar-refractivity contribution < 1.29 is 23.9 Å². The van der Waals surface area contributed by atoms with Gasteiger partial charge in [0.2, 0.25) is 5.91 Å². The Kier molecular flexibility index (Phi) is 8.54. The van der Waals surface area contributed by atoms with Crippen LogP contribution in [0.5, 0.6) is 5.75 Å². The predicted octanol–water partition coefficient (Wildman–Crippen LogP) is 4.48. The average molecular weight is 557 g/mol. The van der Waals surface area contributed by atoms with Crippen LogP contribution in [-0.2, 0) is 16.1 Å². The molecule has 5 rings (SSSR count). The van der Waals surface area contributed by atoms with E-state index in [9.17, 15) is 14.4 Å². The summed E-state index contributed by atoms with van der Waals surface area (Å²) in [6.07, 6.45) is -1.28. The van der Waals surface area contributed by atoms with E-state index >= 15 is 0 Å². The van der Waals surface area contributed by atoms with Gasteiger partial charge in [-0.05, 0) is 66.6 Å². The summed E-state index contributed by atoms with van der Waals surface area (Å²) < 4.78 is 11.0. The third kappa shape index (κ3) is 6.20. The fourth-order valence-corrected chi connectivity index (χ4v) is 5.34. The van der Waals surface area contributed by atoms with Crippen LogP contribution < -0.4 is 10.1 Å². The summed E-state index contributed by atoms with van der Waals surface area (Å²) in [5.41, 5.74) is 3.80. The molecule has 3 aromatic rings. The highest BCUT2D eigenvalue weighted by Gasteiger charge is 2.48. The predicted molar refractivity (Wildman–Crippen MR) is 156 cm³/mol. The molecule has 0 bridgehead atoms. The SMILES string of the molecule is CCN1CCN(C(=O)[C@H]2[C@@H](c3ccc(NC(=O)c4ccc(OC)cc4)cc3)OC(=O)N2Cc2ccccc2C)CC1. The molecular formula is C32H36N4O5. The van der Waals surface area contributed by atoms with E-state index in [0.29, 0.717) is 35.7 Å². The number of nitrogens with zero attached hydrogens (tertiary/aromatic N) is 3. The normalized spacial score (nSPS) is 19.1. The Morgan fingerprint density at radius 3 is 2.27 bits per heavy atom. The zero-order chi connectivity index (χ0) is 28.9. The Labute approximate surface area is 240 Å². The quantitative estimate of drug-likeness (QED) is 0.440. The third-order valence-corrected chi connectivity index (χ3v) is 7.92. The number of amides is 3. The molecule has 0 aromatic heterocycles. The molecule has 2 aliphatic rings. The second-order valence-corrected chi connectivity index (χ2v) is 10.4. The van der Waals surface area contributed by atoms with E-state index in [1.54, 1.807) is 60.5 Å². The molecule has 9 heteroatoms. The lowest BCUT2D eigenvalue weighted by molar-refractivity contribution is -0.138. The molecule has 41 heavy (non-hydrogen) atoms. The number of aryl methyl sites for hydroxylation is 1. The van der Waals surface area contributed by atoms with Crippen LogP contribution >= 0.6 is 0 Å². The number of hydrogen-bond acceptors (Lipinski definition) is 6. The number of anilines is 1. The number of likely N-dealkylation sites (N-methyl/N-ethyl adjacent to an activating group) is 1. The monoisotopic (exact) mass is 556 g/mol. The van der Waals surface area contributed by atoms with Crippen LogP contribution in [0.3, 0.4) is 0 Å². The fraction of sp³-hybridized carbons (Fsp3) is 0.344. The molecule has 0 spiro atoms. The average Bonchev–Trinajstić information content (AvgIpc) is 3.33. The Morgan fingerprint density at radius 2 is 1.63 bits per heavy atom. The first-order valence-electron chi connectivity index (χ1n) is 14.0. The van der Waals surface area contributed by atoms with Crippen LogP contribution in [0.25, 0.3) is 0 Å². The summed E-state index contributed by atoms with van der Waals surface area (Å²) in [5.74, 6) is 0.309. The number of carbonyl (C=O) groups is 3. The van der Waals surface area contributed by atoms with Crippen molar-refractivity contribution in [1.29, 1.82) is 0 Å². The molecule has 2 atom stereocenters. The molecule has 2 aliphatic heterocycles. The van der Waals surface area contributed by atoms with Crippen molar-refractivity contribution in [2.24, 2.45) is 0 Å². The van der Waals surface area contributed by atoms with Gasteiger partial charge in [-0.3, -0.25) is 14.5 Å². The van der Waals surface area contributed by atoms with Crippen LogP contribution in [0.2, 0.25) is 0 Å². The highest BCUT2D eigenvalue weighted by atomic mass is 16.6. The van der Waals surface area contributed by atoms with Crippen molar-refractivity contribution in [3.05, 3.63) is 95.1 Å². The lowest BCUT2D eigenvalue weighted by Crippen LogP contribution is -2.54. The molecule has 0 saturated carbocycles. The number of methoxy groups -OCH3 is 1. The second-order valence-electron chi connectivity index (χ2n) is 10.4. The summed E-state index contributed by atoms with van der Waals surface area (Å²) in [5, 5.41) is 2.89. The van der Waals surface area contributed by atoms with Gasteiger partial charge in [-0.1, -0.05) is 43.3 Å². The number of ether oxygens (including phenoxy) is 2. The smallest absolute Gasteiger partial charge is 0.411 e. The van der Waals surface area contributed by atoms with E-state index in [4.69, 9.17) is 9.47 Å². The van der Waals surface area contributed by atoms with Gasteiger partial charge in [0, 0.05) is 37.4 Å². The van der Waals surface area contributed by atoms with E-state index in [2.05, 4.69) is 17.1 Å². The van der Waals surface area contributed by atoms with Crippen LogP contribution in [0.1, 0.15) is 40.1 Å². The maximum atomic E-state index is 14.0. The van der Waals surface area contributed by atoms with Crippen molar-refractivity contribution in [3.63, 3.8) is 0 Å². The second kappa shape index (κ2) is 12.4. The fourth-order valence-electron chi connectivity index (χ4n) is 5.34. The molecule has 0 aliphatic carbocycles. The van der Waals surface area contributed by atoms with Crippen LogP contribution in [-0.4, -0.2) is 78.5 Å². The van der Waals surface area contributed by atoms with Crippen molar-refractivity contribution in [2.45, 2.75) is 32.5 Å². The van der Waals surface area contributed by atoms with Crippen molar-refractivity contribution in [1.82, 2.24) is 14.7 Å². The minimum atomic E-state index is -0.796. The van der Waals surface area contributed by atoms with Gasteiger partial charge in [-0.15, -0.1) is 0 Å². The Balaban J connectivity index is 1.37. The highest BCUT2D eigenvalue weighted by Crippen LogP contribution is 2.36. The summed E-state index contributed by atoms with van der Waals surface area (Å²) >= 11 is 0. The molecule has 2 saturated heterocycles. The number of rotatable bonds is 8. The zero-order valence-corrected chi connectivity index (χ0v) is 23.7. The number of benzene rings is 3. The lowest BCUT2D eigenvalue weighted by Gasteiger charge is -2.37. The number of cyclic esters (lactones) is 1. The van der Waals surface area contributed by atoms with Gasteiger partial charge in [0.1, 0.15) is 5.75 Å². The first-order chi connectivity index (χ1) is 19.9. The molecule has 1 N–H and O–H groups in total. The molecule has 2 fully saturated rings. The van der Waals surface area contributed by atoms with Crippen molar-refractivity contribution >= 4 is 23.6 Å². The molecule has 3 aromatic carbocycles. The van der Waals surface area contributed by atoms with Gasteiger partial charge in [0.05, 0.1) is 13.7 Å². The standard InChI is InChI=1S/C32H36N4O5/c1-4-34-17-19-35(20-18-34)31(38)28-29(41-32(39)36(28)21-25-8-6-5-7-22(25)2)23-9-13-26(14-10-23)33-30(37)24-11-15-27(40-3)16-12-24/h5-16,28-29H,4,17-21H2,1-3H3,(H,33,37)/t28-,29-/m1/s1. The van der Waals surface area contributed by atoms with E-state index in [0.717, 1.165) is 30.8 Å². The number of hydrogen-bond donors (Lipinski definition) is 1. The van der Waals surface area contributed by atoms with E-state index < -0.39 is 18.2 Å². The van der Waals surface area contributed by atoms with Crippen molar-refractivity contribution in [3.8, 4) is 5.75 Å². The maximum Gasteiger partial charge on any atom is 0.411 e. The number of carbonyl (C=O) groups excluding carboxylic acids is 3. The summed E-state index contributed by atoms with van der Waals surface area (Å²) in [4.78, 5) is 45.7. The molecule has 9 nitrogen and oxygen atoms in total. The lowest BCUT2D eigenvalue weighted by atomic mass is 9.99. The Morgan fingerprint density at radius 1 is 0.951 bits per heavy atom. The minimum Gasteiger partial charge on any atom is -0.497 e. The largest absolute Gasteiger partial charge is 0.497 e. The molecule has 0 radical (unpaired) electrons. The first-order valence-corrected chi connectivity index (χ1v) is 14.0. The first kappa shape index (κ1) is 28.2. The molecule has 214 valence electrons. The Hall–Kier alpha value is -4.37. The summed E-state index contributed by atoms with van der Waals surface area (Å²) in [6.45, 7) is 8.15. The van der Waals surface area contributed by atoms with Gasteiger partial charge >= 0.3 is 6.09 Å². The molecular weight excluding hydrogens is 520 g/mol. The summed E-state index contributed by atoms with van der Waals surface area (Å²) in [6, 6.07) is 21.0. The van der Waals surface area contributed by atoms with E-state index in [-0.39, 0.29) is 18.4 Å². The molecule has 2 heterocycles. The highest BCUT2D eigenvalue weighted by molar-refractivity contribution is 6.04. The minimum absolute atomic E-state index is 0.109. The topological polar surface area (TPSA) is 91.4 Å². The van der Waals surface area contributed by atoms with E-state index in [1.165, 1.54) is 0 Å². The Bertz CT molecular complexity index is 1380. The van der Waals surface area contributed by atoms with Gasteiger partial charge in [0.25, 0.3) is 5.91 Å². The summed E-state index contributed by atoms with van der Waals surface area (Å²) in [7, 11) is 1.57. The van der Waals surface area contributed by atoms with E-state index in [1.807, 2.05) is 36.1 Å². The van der Waals surface area contributed by atoms with Gasteiger partial charge in [0.15, 0.2) is 12.1 Å². The number of nitrogens with one attached hydrogen (secondary N) is 1. The molecule has 0 unspecified atom stereocenters. The molecule has 3 amide bonds. The van der Waals surface area contributed by atoms with Gasteiger partial charge < -0.3 is 24.6 Å². The zero-order valence-electron chi connectivity index (χ0n) is 23.7. The van der Waals surface area contributed by atoms with Gasteiger partial charge in [-0.25, -0.2) is 4.79 Å². The van der Waals surface area contributed by atoms with Crippen LogP contribution in [0.15, 0.2) is 72.8 Å². The third-order valence-electron chi connectivity index (χ3n) is 7.92. The van der Waals surface area contributed by atoms with Gasteiger partial charge in [-0.2, -0.15) is 0 Å². The number of piperazine rings is 1. The van der Waals surface area contributed by atoms with Crippen molar-refractivity contribution in [2.75, 3.05) is 45.2 Å². The van der Waals surface area contributed by atoms with Crippen LogP contribution in [0, 0.1) is 6.92 Å². The van der Waals surface area contributed by atoms with Crippen LogP contribution in [0.4, 0.5) is 10.5 Å².